The van der Waals surface area contributed by atoms with Gasteiger partial charge in [-0.25, -0.2) is 4.98 Å². The number of carbonyl (C=O) groups excluding carboxylic acids is 1. The number of nitrogens with zero attached hydrogens (tertiary/aromatic N) is 2. The third-order valence-corrected chi connectivity index (χ3v) is 10.2. The first-order chi connectivity index (χ1) is 18.3. The lowest BCUT2D eigenvalue weighted by Gasteiger charge is -2.58. The molecule has 7 rings (SSSR count). The van der Waals surface area contributed by atoms with E-state index >= 15 is 0 Å². The van der Waals surface area contributed by atoms with Crippen LogP contribution in [0.25, 0.3) is 0 Å². The average Bonchev–Trinajstić information content (AvgIpc) is 2.89. The van der Waals surface area contributed by atoms with E-state index in [-0.39, 0.29) is 24.3 Å². The third kappa shape index (κ3) is 5.43. The lowest BCUT2D eigenvalue weighted by molar-refractivity contribution is -0.138. The van der Waals surface area contributed by atoms with Gasteiger partial charge in [-0.15, -0.1) is 11.8 Å². The standard InChI is InChI=1S/C30H37N3O4S/c34-26(35)13-20-7-4-10-33(17-20)25-9-8-24(29(31-25)38-18-19-5-2-1-3-6-19)28(36)32-27-22-11-21-12-23(27)16-30(37,14-21)15-22/h1-3,5-6,8-9,20-23,27,37H,4,7,10-18H2,(H,32,36)(H,34,35)/t20?,21?,22-,23?,27?,30?/m0/s1. The van der Waals surface area contributed by atoms with Crippen LogP contribution in [0, 0.1) is 23.7 Å². The molecular formula is C30H37N3O4S. The number of aromatic nitrogens is 1. The highest BCUT2D eigenvalue weighted by molar-refractivity contribution is 7.98. The third-order valence-electron chi connectivity index (χ3n) is 9.15. The Morgan fingerprint density at radius 2 is 1.84 bits per heavy atom. The molecule has 5 aliphatic rings. The number of benzene rings is 1. The summed E-state index contributed by atoms with van der Waals surface area (Å²) < 4.78 is 0. The number of anilines is 1. The van der Waals surface area contributed by atoms with Crippen LogP contribution in [0.4, 0.5) is 5.82 Å². The molecule has 6 atom stereocenters. The van der Waals surface area contributed by atoms with Gasteiger partial charge in [-0.1, -0.05) is 30.3 Å². The molecule has 1 aliphatic heterocycles. The number of pyridine rings is 1. The Morgan fingerprint density at radius 3 is 2.55 bits per heavy atom. The number of nitrogens with one attached hydrogen (secondary N) is 1. The Labute approximate surface area is 228 Å². The first-order valence-electron chi connectivity index (χ1n) is 14.0. The van der Waals surface area contributed by atoms with Gasteiger partial charge in [0.05, 0.1) is 11.2 Å². The van der Waals surface area contributed by atoms with Crippen LogP contribution in [0.3, 0.4) is 0 Å². The van der Waals surface area contributed by atoms with E-state index in [1.807, 2.05) is 30.3 Å². The Hall–Kier alpha value is -2.58. The second-order valence-corrected chi connectivity index (χ2v) is 13.0. The SMILES string of the molecule is O=C(O)CC1CCCN(c2ccc(C(=O)NC3C4CC5C[C@H]3CC(O)(C5)C4)c(SCc3ccccc3)n2)C1. The number of aliphatic carboxylic acids is 1. The molecule has 4 aliphatic carbocycles. The first-order valence-corrected chi connectivity index (χ1v) is 15.0. The highest BCUT2D eigenvalue weighted by atomic mass is 32.2. The van der Waals surface area contributed by atoms with Gasteiger partial charge in [0.25, 0.3) is 5.91 Å². The number of amides is 1. The van der Waals surface area contributed by atoms with Gasteiger partial charge in [-0.05, 0) is 86.3 Å². The highest BCUT2D eigenvalue weighted by Crippen LogP contribution is 2.55. The van der Waals surface area contributed by atoms with Gasteiger partial charge >= 0.3 is 5.97 Å². The number of piperidine rings is 1. The molecule has 4 bridgehead atoms. The maximum absolute atomic E-state index is 13.7. The molecule has 1 amide bonds. The summed E-state index contributed by atoms with van der Waals surface area (Å²) in [6, 6.07) is 14.1. The second-order valence-electron chi connectivity index (χ2n) is 12.0. The fourth-order valence-corrected chi connectivity index (χ4v) is 8.72. The van der Waals surface area contributed by atoms with Crippen LogP contribution in [0.15, 0.2) is 47.5 Å². The van der Waals surface area contributed by atoms with Gasteiger partial charge in [0, 0.05) is 31.3 Å². The van der Waals surface area contributed by atoms with Crippen molar-refractivity contribution < 1.29 is 19.8 Å². The molecule has 1 aromatic heterocycles. The molecule has 1 saturated heterocycles. The smallest absolute Gasteiger partial charge is 0.303 e. The van der Waals surface area contributed by atoms with E-state index in [0.29, 0.717) is 40.6 Å². The summed E-state index contributed by atoms with van der Waals surface area (Å²) in [7, 11) is 0. The average molecular weight is 536 g/mol. The zero-order chi connectivity index (χ0) is 26.3. The molecule has 5 fully saturated rings. The molecule has 2 aromatic rings. The number of aliphatic hydroxyl groups is 1. The summed E-state index contributed by atoms with van der Waals surface area (Å²) in [5.74, 6) is 2.09. The minimum atomic E-state index is -0.757. The van der Waals surface area contributed by atoms with Crippen molar-refractivity contribution >= 4 is 29.5 Å². The Bertz CT molecular complexity index is 1180. The minimum absolute atomic E-state index is 0.0773. The van der Waals surface area contributed by atoms with Gasteiger partial charge < -0.3 is 20.4 Å². The fourth-order valence-electron chi connectivity index (χ4n) is 7.75. The first kappa shape index (κ1) is 25.7. The number of hydrogen-bond donors (Lipinski definition) is 3. The quantitative estimate of drug-likeness (QED) is 0.420. The number of rotatable bonds is 8. The summed E-state index contributed by atoms with van der Waals surface area (Å²) in [5, 5.41) is 24.3. The number of hydrogen-bond acceptors (Lipinski definition) is 6. The monoisotopic (exact) mass is 535 g/mol. The normalized spacial score (nSPS) is 31.8. The summed E-state index contributed by atoms with van der Waals surface area (Å²) >= 11 is 1.58. The molecule has 5 unspecified atom stereocenters. The van der Waals surface area contributed by atoms with E-state index in [9.17, 15) is 19.8 Å². The summed E-state index contributed by atoms with van der Waals surface area (Å²) in [6.45, 7) is 1.51. The molecular weight excluding hydrogens is 498 g/mol. The molecule has 8 heteroatoms. The molecule has 2 heterocycles. The predicted molar refractivity (Wildman–Crippen MR) is 147 cm³/mol. The lowest BCUT2D eigenvalue weighted by Crippen LogP contribution is -2.61. The summed E-state index contributed by atoms with van der Waals surface area (Å²) in [6.07, 6.45) is 6.74. The predicted octanol–water partition coefficient (Wildman–Crippen LogP) is 4.73. The van der Waals surface area contributed by atoms with Crippen molar-refractivity contribution in [1.29, 1.82) is 0 Å². The van der Waals surface area contributed by atoms with Gasteiger partial charge in [0.2, 0.25) is 0 Å². The number of carboxylic acid groups (broad SMARTS) is 1. The largest absolute Gasteiger partial charge is 0.481 e. The highest BCUT2D eigenvalue weighted by Gasteiger charge is 2.55. The van der Waals surface area contributed by atoms with Crippen molar-refractivity contribution in [2.24, 2.45) is 23.7 Å². The van der Waals surface area contributed by atoms with Crippen molar-refractivity contribution in [2.75, 3.05) is 18.0 Å². The van der Waals surface area contributed by atoms with Crippen LogP contribution in [0.2, 0.25) is 0 Å². The molecule has 7 nitrogen and oxygen atoms in total. The minimum Gasteiger partial charge on any atom is -0.481 e. The van der Waals surface area contributed by atoms with Gasteiger partial charge in [0.15, 0.2) is 0 Å². The van der Waals surface area contributed by atoms with E-state index in [2.05, 4.69) is 22.3 Å². The fraction of sp³-hybridized carbons (Fsp3) is 0.567. The van der Waals surface area contributed by atoms with Crippen molar-refractivity contribution in [2.45, 2.75) is 73.8 Å². The molecule has 4 saturated carbocycles. The Kier molecular flexibility index (Phi) is 7.12. The van der Waals surface area contributed by atoms with E-state index < -0.39 is 11.6 Å². The number of carboxylic acids is 1. The Morgan fingerprint density at radius 1 is 1.08 bits per heavy atom. The zero-order valence-corrected chi connectivity index (χ0v) is 22.5. The topological polar surface area (TPSA) is 103 Å². The van der Waals surface area contributed by atoms with Crippen LogP contribution in [-0.2, 0) is 10.5 Å². The Balaban J connectivity index is 1.22. The van der Waals surface area contributed by atoms with Crippen LogP contribution >= 0.6 is 11.8 Å². The van der Waals surface area contributed by atoms with Crippen molar-refractivity contribution in [3.63, 3.8) is 0 Å². The number of thioether (sulfide) groups is 1. The van der Waals surface area contributed by atoms with E-state index in [1.165, 1.54) is 5.56 Å². The van der Waals surface area contributed by atoms with E-state index in [1.54, 1.807) is 11.8 Å². The molecule has 1 aromatic carbocycles. The van der Waals surface area contributed by atoms with E-state index in [4.69, 9.17) is 4.98 Å². The van der Waals surface area contributed by atoms with Gasteiger partial charge in [0.1, 0.15) is 10.8 Å². The molecule has 3 N–H and O–H groups in total. The van der Waals surface area contributed by atoms with Crippen LogP contribution in [0.5, 0.6) is 0 Å². The zero-order valence-electron chi connectivity index (χ0n) is 21.7. The maximum Gasteiger partial charge on any atom is 0.303 e. The summed E-state index contributed by atoms with van der Waals surface area (Å²) in [4.78, 5) is 32.1. The van der Waals surface area contributed by atoms with Crippen molar-refractivity contribution in [3.05, 3.63) is 53.6 Å². The number of carbonyl (C=O) groups is 2. The molecule has 0 radical (unpaired) electrons. The molecule has 202 valence electrons. The van der Waals surface area contributed by atoms with Crippen LogP contribution in [0.1, 0.15) is 67.3 Å². The molecule has 38 heavy (non-hydrogen) atoms. The van der Waals surface area contributed by atoms with Crippen LogP contribution < -0.4 is 10.2 Å². The van der Waals surface area contributed by atoms with Crippen molar-refractivity contribution in [1.82, 2.24) is 10.3 Å². The molecule has 0 spiro atoms. The van der Waals surface area contributed by atoms with E-state index in [0.717, 1.165) is 57.3 Å². The summed E-state index contributed by atoms with van der Waals surface area (Å²) in [5.41, 5.74) is 1.25. The van der Waals surface area contributed by atoms with Gasteiger partial charge in [-0.3, -0.25) is 9.59 Å². The van der Waals surface area contributed by atoms with Gasteiger partial charge in [-0.2, -0.15) is 0 Å². The van der Waals surface area contributed by atoms with Crippen LogP contribution in [-0.4, -0.2) is 51.8 Å². The maximum atomic E-state index is 13.7. The van der Waals surface area contributed by atoms with Crippen molar-refractivity contribution in [3.8, 4) is 0 Å². The second kappa shape index (κ2) is 10.5. The lowest BCUT2D eigenvalue weighted by atomic mass is 9.52.